The van der Waals surface area contributed by atoms with Gasteiger partial charge in [0.15, 0.2) is 0 Å². The molecule has 3 heteroatoms. The highest BCUT2D eigenvalue weighted by Gasteiger charge is 2.13. The van der Waals surface area contributed by atoms with Crippen LogP contribution in [0.4, 0.5) is 0 Å². The van der Waals surface area contributed by atoms with Crippen LogP contribution in [0.25, 0.3) is 11.3 Å². The Morgan fingerprint density at radius 1 is 1.19 bits per heavy atom. The number of nitrogens with one attached hydrogen (secondary N) is 1. The SMILES string of the molecule is CCCNCc1sc(CCC(C)C)nc1-c1ccccc1. The summed E-state index contributed by atoms with van der Waals surface area (Å²) in [5.41, 5.74) is 2.40. The molecule has 1 aromatic heterocycles. The van der Waals surface area contributed by atoms with E-state index < -0.39 is 0 Å². The van der Waals surface area contributed by atoms with E-state index >= 15 is 0 Å². The number of benzene rings is 1. The zero-order valence-corrected chi connectivity index (χ0v) is 14.2. The van der Waals surface area contributed by atoms with Gasteiger partial charge in [-0.05, 0) is 31.7 Å². The number of thiazole rings is 1. The van der Waals surface area contributed by atoms with Gasteiger partial charge >= 0.3 is 0 Å². The summed E-state index contributed by atoms with van der Waals surface area (Å²) in [6.45, 7) is 8.74. The summed E-state index contributed by atoms with van der Waals surface area (Å²) in [5.74, 6) is 0.732. The molecule has 0 aliphatic heterocycles. The number of nitrogens with zero attached hydrogens (tertiary/aromatic N) is 1. The molecule has 1 aromatic carbocycles. The van der Waals surface area contributed by atoms with E-state index in [1.165, 1.54) is 34.0 Å². The quantitative estimate of drug-likeness (QED) is 0.702. The molecule has 1 heterocycles. The average Bonchev–Trinajstić information content (AvgIpc) is 2.90. The fourth-order valence-electron chi connectivity index (χ4n) is 2.24. The number of hydrogen-bond donors (Lipinski definition) is 1. The lowest BCUT2D eigenvalue weighted by Gasteiger charge is -2.03. The van der Waals surface area contributed by atoms with Crippen molar-refractivity contribution in [3.8, 4) is 11.3 Å². The van der Waals surface area contributed by atoms with Crippen molar-refractivity contribution in [3.63, 3.8) is 0 Å². The molecule has 1 N–H and O–H groups in total. The fourth-order valence-corrected chi connectivity index (χ4v) is 3.32. The number of aromatic nitrogens is 1. The summed E-state index contributed by atoms with van der Waals surface area (Å²) in [6.07, 6.45) is 3.47. The molecule has 0 unspecified atom stereocenters. The summed E-state index contributed by atoms with van der Waals surface area (Å²) in [4.78, 5) is 6.28. The first kappa shape index (κ1) is 16.2. The van der Waals surface area contributed by atoms with Crippen molar-refractivity contribution < 1.29 is 0 Å². The van der Waals surface area contributed by atoms with E-state index in [1.54, 1.807) is 0 Å². The minimum Gasteiger partial charge on any atom is -0.312 e. The molecular formula is C18H26N2S. The van der Waals surface area contributed by atoms with Gasteiger partial charge in [-0.25, -0.2) is 4.98 Å². The molecule has 0 amide bonds. The molecule has 0 bridgehead atoms. The van der Waals surface area contributed by atoms with Crippen molar-refractivity contribution in [1.82, 2.24) is 10.3 Å². The summed E-state index contributed by atoms with van der Waals surface area (Å²) in [7, 11) is 0. The molecule has 0 aliphatic rings. The second-order valence-electron chi connectivity index (χ2n) is 5.85. The van der Waals surface area contributed by atoms with Gasteiger partial charge < -0.3 is 5.32 Å². The molecule has 2 aromatic rings. The Kier molecular flexibility index (Phi) is 6.40. The fraction of sp³-hybridized carbons (Fsp3) is 0.500. The Morgan fingerprint density at radius 3 is 2.62 bits per heavy atom. The first-order valence-electron chi connectivity index (χ1n) is 7.95. The highest BCUT2D eigenvalue weighted by Crippen LogP contribution is 2.29. The van der Waals surface area contributed by atoms with Gasteiger partial charge in [0.1, 0.15) is 0 Å². The molecule has 0 atom stereocenters. The minimum absolute atomic E-state index is 0.732. The third-order valence-corrected chi connectivity index (χ3v) is 4.55. The van der Waals surface area contributed by atoms with Crippen LogP contribution in [0.5, 0.6) is 0 Å². The normalized spacial score (nSPS) is 11.2. The maximum absolute atomic E-state index is 4.91. The maximum atomic E-state index is 4.91. The van der Waals surface area contributed by atoms with Gasteiger partial charge in [0, 0.05) is 17.0 Å². The Morgan fingerprint density at radius 2 is 1.95 bits per heavy atom. The molecule has 0 saturated heterocycles. The van der Waals surface area contributed by atoms with Crippen LogP contribution in [0, 0.1) is 5.92 Å². The predicted molar refractivity (Wildman–Crippen MR) is 92.7 cm³/mol. The molecule has 2 rings (SSSR count). The Balaban J connectivity index is 2.19. The molecule has 0 spiro atoms. The van der Waals surface area contributed by atoms with Gasteiger partial charge in [0.2, 0.25) is 0 Å². The van der Waals surface area contributed by atoms with Gasteiger partial charge in [-0.3, -0.25) is 0 Å². The van der Waals surface area contributed by atoms with Crippen molar-refractivity contribution in [3.05, 3.63) is 40.2 Å². The molecule has 2 nitrogen and oxygen atoms in total. The molecule has 0 radical (unpaired) electrons. The van der Waals surface area contributed by atoms with E-state index in [4.69, 9.17) is 4.98 Å². The third-order valence-electron chi connectivity index (χ3n) is 3.44. The molecular weight excluding hydrogens is 276 g/mol. The van der Waals surface area contributed by atoms with Crippen molar-refractivity contribution in [2.45, 2.75) is 46.6 Å². The Hall–Kier alpha value is -1.19. The zero-order valence-electron chi connectivity index (χ0n) is 13.4. The van der Waals surface area contributed by atoms with E-state index in [-0.39, 0.29) is 0 Å². The average molecular weight is 302 g/mol. The lowest BCUT2D eigenvalue weighted by Crippen LogP contribution is -2.13. The summed E-state index contributed by atoms with van der Waals surface area (Å²) in [5, 5.41) is 4.78. The van der Waals surface area contributed by atoms with Crippen molar-refractivity contribution in [2.75, 3.05) is 6.54 Å². The Labute approximate surface area is 132 Å². The maximum Gasteiger partial charge on any atom is 0.0936 e. The largest absolute Gasteiger partial charge is 0.312 e. The van der Waals surface area contributed by atoms with Crippen LogP contribution in [0.3, 0.4) is 0 Å². The highest BCUT2D eigenvalue weighted by molar-refractivity contribution is 7.12. The van der Waals surface area contributed by atoms with Gasteiger partial charge in [-0.15, -0.1) is 11.3 Å². The number of aryl methyl sites for hydroxylation is 1. The minimum atomic E-state index is 0.732. The van der Waals surface area contributed by atoms with E-state index in [2.05, 4.69) is 56.4 Å². The highest BCUT2D eigenvalue weighted by atomic mass is 32.1. The van der Waals surface area contributed by atoms with Gasteiger partial charge in [0.05, 0.1) is 10.7 Å². The van der Waals surface area contributed by atoms with E-state index in [0.717, 1.165) is 25.4 Å². The molecule has 0 saturated carbocycles. The lowest BCUT2D eigenvalue weighted by molar-refractivity contribution is 0.585. The van der Waals surface area contributed by atoms with Crippen LogP contribution < -0.4 is 5.32 Å². The van der Waals surface area contributed by atoms with E-state index in [0.29, 0.717) is 0 Å². The topological polar surface area (TPSA) is 24.9 Å². The van der Waals surface area contributed by atoms with Crippen LogP contribution in [0.15, 0.2) is 30.3 Å². The van der Waals surface area contributed by atoms with Crippen molar-refractivity contribution in [1.29, 1.82) is 0 Å². The van der Waals surface area contributed by atoms with Gasteiger partial charge in [0.25, 0.3) is 0 Å². The first-order valence-corrected chi connectivity index (χ1v) is 8.77. The van der Waals surface area contributed by atoms with E-state index in [1.807, 2.05) is 11.3 Å². The molecule has 114 valence electrons. The second-order valence-corrected chi connectivity index (χ2v) is 7.02. The monoisotopic (exact) mass is 302 g/mol. The second kappa shape index (κ2) is 8.30. The Bertz CT molecular complexity index is 531. The van der Waals surface area contributed by atoms with Crippen LogP contribution >= 0.6 is 11.3 Å². The van der Waals surface area contributed by atoms with Crippen LogP contribution in [0.2, 0.25) is 0 Å². The smallest absolute Gasteiger partial charge is 0.0936 e. The lowest BCUT2D eigenvalue weighted by atomic mass is 10.1. The summed E-state index contributed by atoms with van der Waals surface area (Å²) >= 11 is 1.87. The van der Waals surface area contributed by atoms with Crippen molar-refractivity contribution >= 4 is 11.3 Å². The van der Waals surface area contributed by atoms with Gasteiger partial charge in [-0.1, -0.05) is 51.1 Å². The van der Waals surface area contributed by atoms with Crippen LogP contribution in [-0.2, 0) is 13.0 Å². The molecule has 21 heavy (non-hydrogen) atoms. The number of rotatable bonds is 8. The number of hydrogen-bond acceptors (Lipinski definition) is 3. The van der Waals surface area contributed by atoms with Gasteiger partial charge in [-0.2, -0.15) is 0 Å². The zero-order chi connectivity index (χ0) is 15.1. The van der Waals surface area contributed by atoms with E-state index in [9.17, 15) is 0 Å². The summed E-state index contributed by atoms with van der Waals surface area (Å²) < 4.78 is 0. The van der Waals surface area contributed by atoms with Crippen LogP contribution in [-0.4, -0.2) is 11.5 Å². The predicted octanol–water partition coefficient (Wildman–Crippen LogP) is 4.90. The summed E-state index contributed by atoms with van der Waals surface area (Å²) in [6, 6.07) is 10.6. The van der Waals surface area contributed by atoms with Crippen LogP contribution in [0.1, 0.15) is 43.5 Å². The first-order chi connectivity index (χ1) is 10.2. The molecule has 0 fully saturated rings. The standard InChI is InChI=1S/C18H26N2S/c1-4-12-19-13-16-18(15-8-6-5-7-9-15)20-17(21-16)11-10-14(2)3/h5-9,14,19H,4,10-13H2,1-3H3. The van der Waals surface area contributed by atoms with Crippen molar-refractivity contribution in [2.24, 2.45) is 5.92 Å². The third kappa shape index (κ3) is 4.94. The molecule has 0 aliphatic carbocycles.